The Morgan fingerprint density at radius 1 is 0.302 bits per heavy atom. The van der Waals surface area contributed by atoms with Gasteiger partial charge < -0.3 is 17.7 Å². The normalized spacial score (nSPS) is 14.1. The molecule has 690 valence electrons. The van der Waals surface area contributed by atoms with Crippen LogP contribution < -0.4 is 18.3 Å². The molecule has 8 heterocycles. The molecule has 0 fully saturated rings. The fourth-order valence-electron chi connectivity index (χ4n) is 18.7. The van der Waals surface area contributed by atoms with E-state index in [1.165, 1.54) is 6.92 Å². The van der Waals surface area contributed by atoms with Crippen molar-refractivity contribution < 1.29 is 59.2 Å². The number of furan rings is 4. The van der Waals surface area contributed by atoms with Gasteiger partial charge in [0.1, 0.15) is 72.9 Å². The van der Waals surface area contributed by atoms with Crippen LogP contribution >= 0.6 is 0 Å². The van der Waals surface area contributed by atoms with Crippen molar-refractivity contribution in [2.45, 2.75) is 170 Å². The van der Waals surface area contributed by atoms with Gasteiger partial charge in [0.15, 0.2) is 45.5 Å². The van der Waals surface area contributed by atoms with Crippen molar-refractivity contribution in [2.24, 2.45) is 39.5 Å². The largest absolute Gasteiger partial charge is 0.456 e. The molecule has 0 aliphatic carbocycles. The second-order valence-corrected chi connectivity index (χ2v) is 38.0. The van der Waals surface area contributed by atoms with Gasteiger partial charge in [-0.25, -0.2) is 19.4 Å². The first-order valence-electron chi connectivity index (χ1n) is 55.0. The topological polar surface area (TPSA) is 85.5 Å². The fraction of sp³-hybridized carbons (Fsp3) is 0.244. The van der Waals surface area contributed by atoms with Gasteiger partial charge in [0.05, 0.1) is 59.5 Å². The number of aromatic nitrogens is 4. The summed E-state index contributed by atoms with van der Waals surface area (Å²) < 4.78 is 181. The van der Waals surface area contributed by atoms with Crippen molar-refractivity contribution in [1.29, 1.82) is 0 Å². The summed E-state index contributed by atoms with van der Waals surface area (Å²) in [5.41, 5.74) is 28.6. The third kappa shape index (κ3) is 17.6. The van der Waals surface area contributed by atoms with E-state index in [9.17, 15) is 0 Å². The summed E-state index contributed by atoms with van der Waals surface area (Å²) in [4.78, 5) is 15.1. The van der Waals surface area contributed by atoms with E-state index in [0.717, 1.165) is 138 Å². The maximum absolute atomic E-state index is 9.11. The van der Waals surface area contributed by atoms with Gasteiger partial charge in [0.25, 0.3) is 0 Å². The first kappa shape index (κ1) is 75.6. The van der Waals surface area contributed by atoms with Crippen LogP contribution in [-0.4, -0.2) is 0 Å². The van der Waals surface area contributed by atoms with Gasteiger partial charge >= 0.3 is 0 Å². The Labute approximate surface area is 841 Å². The third-order valence-electron chi connectivity index (χ3n) is 26.6. The molecule has 12 aromatic carbocycles. The Bertz CT molecular complexity index is 9130. The van der Waals surface area contributed by atoms with Gasteiger partial charge in [-0.3, -0.25) is 0 Å². The van der Waals surface area contributed by atoms with Crippen LogP contribution in [0.5, 0.6) is 0 Å². The highest BCUT2D eigenvalue weighted by atomic mass is 16.3. The number of hydrogen-bond acceptors (Lipinski definition) is 4. The Morgan fingerprint density at radius 3 is 0.777 bits per heavy atom. The molecule has 0 radical (unpaired) electrons. The Morgan fingerprint density at radius 2 is 0.532 bits per heavy atom. The minimum atomic E-state index is -2.68. The van der Waals surface area contributed by atoms with Gasteiger partial charge in [-0.15, -0.1) is 0 Å². The van der Waals surface area contributed by atoms with E-state index in [4.69, 9.17) is 67.3 Å². The summed E-state index contributed by atoms with van der Waals surface area (Å²) in [5, 5.41) is 6.90. The summed E-state index contributed by atoms with van der Waals surface area (Å²) in [7, 11) is 7.24. The Hall–Kier alpha value is -15.6. The molecule has 0 amide bonds. The lowest BCUT2D eigenvalue weighted by atomic mass is 9.87. The molecule has 139 heavy (non-hydrogen) atoms. The van der Waals surface area contributed by atoms with Gasteiger partial charge in [-0.1, -0.05) is 279 Å². The number of fused-ring (bicyclic) bond motifs is 12. The zero-order valence-corrected chi connectivity index (χ0v) is 83.3. The van der Waals surface area contributed by atoms with Crippen molar-refractivity contribution in [1.82, 2.24) is 0 Å². The molecule has 20 rings (SSSR count). The first-order valence-corrected chi connectivity index (χ1v) is 46.5. The van der Waals surface area contributed by atoms with Crippen molar-refractivity contribution >= 4 is 111 Å². The second kappa shape index (κ2) is 38.2. The van der Waals surface area contributed by atoms with E-state index in [-0.39, 0.29) is 70.9 Å². The zero-order chi connectivity index (χ0) is 114. The number of aryl methyl sites for hydroxylation is 8. The summed E-state index contributed by atoms with van der Waals surface area (Å²) in [5.74, 6) is -3.44. The Balaban J connectivity index is 0.000000141. The van der Waals surface area contributed by atoms with Crippen molar-refractivity contribution in [3.63, 3.8) is 0 Å². The fourth-order valence-corrected chi connectivity index (χ4v) is 18.7. The van der Waals surface area contributed by atoms with Crippen LogP contribution in [0.3, 0.4) is 0 Å². The van der Waals surface area contributed by atoms with E-state index in [1.807, 2.05) is 320 Å². The zero-order valence-electron chi connectivity index (χ0n) is 100. The number of nitrogens with zero attached hydrogens (tertiary/aromatic N) is 8. The van der Waals surface area contributed by atoms with Crippen LogP contribution in [0.2, 0.25) is 0 Å². The molecule has 12 heteroatoms. The molecular formula is C127H122N8O4+4. The molecule has 20 aromatic rings. The van der Waals surface area contributed by atoms with Crippen molar-refractivity contribution in [2.75, 3.05) is 0 Å². The average molecular weight is 1840 g/mol. The SMILES string of the molecule is [2H]c1c([2H])c(-c2c(C)ccc3c2oc2c(-c4ccc(C)cc4)c([N+]#[C-])ccc23)[n+](C)c(C)c1C([2H])(C)C.[2H]c1c([2H])c(-c2c(C)ccc3c2oc2c(-c4ccc(C)cc4)c([N+]#[C-])ccc23)[n+](C)c(C)c1C([2H])(C)C([2H])([2H])[2H].[2H]c1c([2H])c(-c2c(C)ccc3c2oc2c(-c4ccc(C)cc4)c([N+]#[C-])ccc23)[n+](C)c(C)c1C([2H])([2H])C(C)(C)C.[2H]c1c([2H])c(-c2c(C)ccc3c2oc2c(-c4ccc(C)cc4)c([N+]#[C-])ccc23)[n+](C)c(C)c1C([2H])([2H])C(C)C. The molecule has 0 aliphatic rings. The molecule has 0 aliphatic heterocycles. The monoisotopic (exact) mass is 1840 g/mol. The quantitative estimate of drug-likeness (QED) is 0.0850. The van der Waals surface area contributed by atoms with E-state index < -0.39 is 36.8 Å². The van der Waals surface area contributed by atoms with Crippen LogP contribution in [0.25, 0.3) is 197 Å². The molecule has 0 bridgehead atoms. The summed E-state index contributed by atoms with van der Waals surface area (Å²) in [6.07, 6.45) is -3.58. The maximum Gasteiger partial charge on any atom is 0.216 e. The van der Waals surface area contributed by atoms with Crippen LogP contribution in [-0.2, 0) is 40.9 Å². The molecule has 1 unspecified atom stereocenters. The molecular weight excluding hydrogens is 1700 g/mol. The van der Waals surface area contributed by atoms with Gasteiger partial charge in [-0.2, -0.15) is 18.3 Å². The number of benzene rings is 12. The lowest BCUT2D eigenvalue weighted by Crippen LogP contribution is -2.36. The van der Waals surface area contributed by atoms with Crippen molar-refractivity contribution in [3.8, 4) is 89.5 Å². The van der Waals surface area contributed by atoms with Crippen molar-refractivity contribution in [3.05, 3.63) is 378 Å². The number of pyridine rings is 4. The maximum atomic E-state index is 9.11. The molecule has 12 nitrogen and oxygen atoms in total. The van der Waals surface area contributed by atoms with E-state index in [0.29, 0.717) is 135 Å². The minimum Gasteiger partial charge on any atom is -0.456 e. The van der Waals surface area contributed by atoms with Crippen LogP contribution in [0, 0.1) is 121 Å². The minimum absolute atomic E-state index is 0.00143. The third-order valence-corrected chi connectivity index (χ3v) is 26.6. The standard InChI is InChI=1S/C33H33N2O.C32H31N2O.2C31H29N2O/c1-20-9-12-23(13-10-20)30-27(34-7)17-16-26-25-15-11-21(2)29(31(25)36-32(26)30)28-18-14-24(19-33(4,5)6)22(3)35(28)8;1-19(2)18-24-13-17-28(34(7)22(24)5)29-21(4)10-14-25-26-15-16-27(33-6)30(32(26)35-31(25)29)23-11-8-20(3)9-12-23;2*1-18(2)23-15-17-27(33(7)21(23)5)28-20(4)10-13-24-25-14-16-26(32-6)29(31(25)34-30(24)28)22-11-8-19(3)9-12-22/h9-18H,19H2,1-6,8H3;8-17,19H,18H2,1-5,7H3;2*8-18H,1-5,7H3/q4*+1/i14D,18D,19D2;13D,17D,18D2;1D3,15D,17D,18D;15D,17D,18D. The lowest BCUT2D eigenvalue weighted by molar-refractivity contribution is -0.667. The summed E-state index contributed by atoms with van der Waals surface area (Å²) in [6.45, 7) is 65.4. The van der Waals surface area contributed by atoms with Gasteiger partial charge in [0, 0.05) is 152 Å². The summed E-state index contributed by atoms with van der Waals surface area (Å²) in [6, 6.07) is 62.2. The van der Waals surface area contributed by atoms with E-state index in [2.05, 4.69) is 19.4 Å². The Kier molecular flexibility index (Phi) is 20.8. The van der Waals surface area contributed by atoms with Crippen LogP contribution in [0.15, 0.2) is 260 Å². The molecule has 0 saturated heterocycles. The smallest absolute Gasteiger partial charge is 0.216 e. The number of rotatable bonds is 13. The molecule has 0 saturated carbocycles. The number of hydrogen-bond donors (Lipinski definition) is 0. The molecule has 1 atom stereocenters. The average Bonchev–Trinajstić information content (AvgIpc) is 1.51. The van der Waals surface area contributed by atoms with Gasteiger partial charge in [0.2, 0.25) is 22.8 Å². The lowest BCUT2D eigenvalue weighted by Gasteiger charge is -2.19. The van der Waals surface area contributed by atoms with E-state index in [1.54, 1.807) is 52.3 Å². The van der Waals surface area contributed by atoms with Crippen LogP contribution in [0.4, 0.5) is 22.7 Å². The van der Waals surface area contributed by atoms with E-state index >= 15 is 0 Å². The molecule has 0 N–H and O–H groups in total. The van der Waals surface area contributed by atoms with Gasteiger partial charge in [-0.05, 0) is 160 Å². The summed E-state index contributed by atoms with van der Waals surface area (Å²) >= 11 is 0. The molecule has 8 aromatic heterocycles. The second-order valence-electron chi connectivity index (χ2n) is 38.0. The highest BCUT2D eigenvalue weighted by Crippen LogP contribution is 2.51. The first-order chi connectivity index (χ1) is 73.2. The highest BCUT2D eigenvalue weighted by Gasteiger charge is 2.33. The predicted molar refractivity (Wildman–Crippen MR) is 575 cm³/mol. The highest BCUT2D eigenvalue weighted by molar-refractivity contribution is 6.19. The molecule has 0 spiro atoms. The predicted octanol–water partition coefficient (Wildman–Crippen LogP) is 33.9. The van der Waals surface area contributed by atoms with Crippen LogP contribution in [0.1, 0.15) is 187 Å².